The van der Waals surface area contributed by atoms with Gasteiger partial charge in [0.15, 0.2) is 12.4 Å². The van der Waals surface area contributed by atoms with Crippen LogP contribution in [-0.2, 0) is 6.54 Å². The Morgan fingerprint density at radius 3 is 2.26 bits per heavy atom. The number of carbonyl (C=O) groups excluding carboxylic acids is 1. The number of carbonyl (C=O) groups is 1. The van der Waals surface area contributed by atoms with Gasteiger partial charge in [-0.2, -0.15) is 9.83 Å². The lowest BCUT2D eigenvalue weighted by Gasteiger charge is -1.99. The van der Waals surface area contributed by atoms with Crippen LogP contribution in [0.2, 0.25) is 0 Å². The average Bonchev–Trinajstić information content (AvgIpc) is 2.40. The molecule has 96 valence electrons. The standard InChI is InChI=1S/C15H13N2O.HI/c1-12-2-4-14(5-3-12)15(18)11-17-8-6-13(10-16)7-9-17;/h2-9H,11H2,1H3;1H/q+1;/p-1. The van der Waals surface area contributed by atoms with Crippen LogP contribution in [0.3, 0.4) is 0 Å². The third-order valence-electron chi connectivity index (χ3n) is 2.72. The molecule has 0 unspecified atom stereocenters. The van der Waals surface area contributed by atoms with Gasteiger partial charge in [-0.1, -0.05) is 29.8 Å². The number of nitrogens with zero attached hydrogens (tertiary/aromatic N) is 2. The Bertz CT molecular complexity index is 598. The van der Waals surface area contributed by atoms with Gasteiger partial charge in [-0.3, -0.25) is 4.79 Å². The van der Waals surface area contributed by atoms with Crippen LogP contribution in [0.25, 0.3) is 0 Å². The third kappa shape index (κ3) is 4.14. The first-order chi connectivity index (χ1) is 8.69. The van der Waals surface area contributed by atoms with E-state index in [9.17, 15) is 4.79 Å². The molecule has 1 aromatic heterocycles. The van der Waals surface area contributed by atoms with Crippen LogP contribution >= 0.6 is 0 Å². The number of rotatable bonds is 3. The number of hydrogen-bond donors (Lipinski definition) is 0. The Labute approximate surface area is 129 Å². The van der Waals surface area contributed by atoms with Gasteiger partial charge in [-0.15, -0.1) is 0 Å². The van der Waals surface area contributed by atoms with Crippen LogP contribution in [0.1, 0.15) is 21.5 Å². The van der Waals surface area contributed by atoms with Crippen molar-refractivity contribution in [2.24, 2.45) is 0 Å². The zero-order valence-corrected chi connectivity index (χ0v) is 12.7. The number of aryl methyl sites for hydroxylation is 1. The summed E-state index contributed by atoms with van der Waals surface area (Å²) in [7, 11) is 0. The molecule has 0 saturated heterocycles. The van der Waals surface area contributed by atoms with Crippen LogP contribution in [-0.4, -0.2) is 5.78 Å². The molecule has 0 bridgehead atoms. The maximum atomic E-state index is 12.0. The number of Topliss-reactive ketones (excluding diaryl/α,β-unsaturated/α-hetero) is 1. The summed E-state index contributed by atoms with van der Waals surface area (Å²) < 4.78 is 1.77. The zero-order chi connectivity index (χ0) is 13.0. The molecule has 0 N–H and O–H groups in total. The van der Waals surface area contributed by atoms with Crippen molar-refractivity contribution < 1.29 is 33.3 Å². The normalized spacial score (nSPS) is 9.26. The van der Waals surface area contributed by atoms with E-state index in [1.807, 2.05) is 37.3 Å². The van der Waals surface area contributed by atoms with Gasteiger partial charge in [0.1, 0.15) is 0 Å². The van der Waals surface area contributed by atoms with Crippen LogP contribution in [0.5, 0.6) is 0 Å². The lowest BCUT2D eigenvalue weighted by atomic mass is 10.1. The Kier molecular flexibility index (Phi) is 5.64. The summed E-state index contributed by atoms with van der Waals surface area (Å²) in [4.78, 5) is 12.0. The molecule has 0 fully saturated rings. The van der Waals surface area contributed by atoms with Gasteiger partial charge >= 0.3 is 0 Å². The Morgan fingerprint density at radius 2 is 1.74 bits per heavy atom. The lowest BCUT2D eigenvalue weighted by Crippen LogP contribution is -3.00. The zero-order valence-electron chi connectivity index (χ0n) is 10.5. The monoisotopic (exact) mass is 364 g/mol. The molecule has 2 rings (SSSR count). The highest BCUT2D eigenvalue weighted by Gasteiger charge is 2.11. The Balaban J connectivity index is 0.00000180. The number of aromatic nitrogens is 1. The van der Waals surface area contributed by atoms with E-state index in [1.54, 1.807) is 29.1 Å². The molecule has 1 heterocycles. The summed E-state index contributed by atoms with van der Waals surface area (Å²) in [6.07, 6.45) is 3.48. The van der Waals surface area contributed by atoms with Crippen molar-refractivity contribution in [3.63, 3.8) is 0 Å². The first kappa shape index (κ1) is 15.3. The van der Waals surface area contributed by atoms with E-state index in [2.05, 4.69) is 0 Å². The molecule has 0 spiro atoms. The SMILES string of the molecule is Cc1ccc(C(=O)C[n+]2ccc(C#N)cc2)cc1.[I-]. The molecule has 2 aromatic rings. The first-order valence-electron chi connectivity index (χ1n) is 5.68. The second-order valence-corrected chi connectivity index (χ2v) is 4.16. The number of ketones is 1. The molecule has 0 amide bonds. The van der Waals surface area contributed by atoms with Crippen LogP contribution in [0, 0.1) is 18.3 Å². The predicted molar refractivity (Wildman–Crippen MR) is 66.9 cm³/mol. The fraction of sp³-hybridized carbons (Fsp3) is 0.133. The summed E-state index contributed by atoms with van der Waals surface area (Å²) in [6, 6.07) is 13.0. The highest BCUT2D eigenvalue weighted by atomic mass is 127. The highest BCUT2D eigenvalue weighted by Crippen LogP contribution is 2.04. The van der Waals surface area contributed by atoms with Gasteiger partial charge in [0.2, 0.25) is 12.3 Å². The first-order valence-corrected chi connectivity index (χ1v) is 5.68. The van der Waals surface area contributed by atoms with Crippen molar-refractivity contribution in [1.29, 1.82) is 5.26 Å². The molecule has 0 aliphatic carbocycles. The van der Waals surface area contributed by atoms with E-state index in [-0.39, 0.29) is 36.3 Å². The summed E-state index contributed by atoms with van der Waals surface area (Å²) in [5, 5.41) is 8.69. The molecule has 0 aliphatic heterocycles. The fourth-order valence-corrected chi connectivity index (χ4v) is 1.63. The second-order valence-electron chi connectivity index (χ2n) is 4.16. The van der Waals surface area contributed by atoms with Crippen LogP contribution < -0.4 is 28.5 Å². The maximum absolute atomic E-state index is 12.0. The minimum atomic E-state index is 0. The van der Waals surface area contributed by atoms with E-state index in [0.29, 0.717) is 11.1 Å². The molecule has 19 heavy (non-hydrogen) atoms. The maximum Gasteiger partial charge on any atom is 0.227 e. The number of halogens is 1. The molecular weight excluding hydrogens is 351 g/mol. The van der Waals surface area contributed by atoms with Crippen molar-refractivity contribution >= 4 is 5.78 Å². The van der Waals surface area contributed by atoms with Gasteiger partial charge in [0, 0.05) is 17.7 Å². The summed E-state index contributed by atoms with van der Waals surface area (Å²) in [5.74, 6) is 0.0599. The van der Waals surface area contributed by atoms with E-state index in [0.717, 1.165) is 5.56 Å². The van der Waals surface area contributed by atoms with Crippen molar-refractivity contribution in [2.45, 2.75) is 13.5 Å². The number of benzene rings is 1. The van der Waals surface area contributed by atoms with Crippen LogP contribution in [0.4, 0.5) is 0 Å². The van der Waals surface area contributed by atoms with E-state index >= 15 is 0 Å². The molecule has 0 saturated carbocycles. The lowest BCUT2D eigenvalue weighted by molar-refractivity contribution is -0.683. The fourth-order valence-electron chi connectivity index (χ4n) is 1.63. The van der Waals surface area contributed by atoms with Gasteiger partial charge in [0.25, 0.3) is 0 Å². The van der Waals surface area contributed by atoms with Crippen molar-refractivity contribution in [3.8, 4) is 6.07 Å². The van der Waals surface area contributed by atoms with Gasteiger partial charge in [-0.05, 0) is 6.92 Å². The Hall–Kier alpha value is -1.74. The molecule has 0 aliphatic rings. The highest BCUT2D eigenvalue weighted by molar-refractivity contribution is 5.95. The quantitative estimate of drug-likeness (QED) is 0.400. The van der Waals surface area contributed by atoms with Crippen molar-refractivity contribution in [3.05, 3.63) is 65.5 Å². The summed E-state index contributed by atoms with van der Waals surface area (Å²) >= 11 is 0. The predicted octanol–water partition coefficient (Wildman–Crippen LogP) is -0.959. The van der Waals surface area contributed by atoms with Crippen molar-refractivity contribution in [1.82, 2.24) is 0 Å². The molecule has 3 nitrogen and oxygen atoms in total. The smallest absolute Gasteiger partial charge is 0.227 e. The minimum absolute atomic E-state index is 0. The van der Waals surface area contributed by atoms with Crippen molar-refractivity contribution in [2.75, 3.05) is 0 Å². The van der Waals surface area contributed by atoms with Gasteiger partial charge in [0.05, 0.1) is 11.6 Å². The van der Waals surface area contributed by atoms with Gasteiger partial charge < -0.3 is 24.0 Å². The topological polar surface area (TPSA) is 44.7 Å². The molecule has 0 atom stereocenters. The number of nitriles is 1. The number of pyridine rings is 1. The van der Waals surface area contributed by atoms with E-state index in [1.165, 1.54) is 0 Å². The summed E-state index contributed by atoms with van der Waals surface area (Å²) in [5.41, 5.74) is 2.43. The molecule has 0 radical (unpaired) electrons. The van der Waals surface area contributed by atoms with Crippen LogP contribution in [0.15, 0.2) is 48.8 Å². The third-order valence-corrected chi connectivity index (χ3v) is 2.72. The molecular formula is C15H13IN2O. The average molecular weight is 364 g/mol. The molecule has 4 heteroatoms. The number of hydrogen-bond acceptors (Lipinski definition) is 2. The van der Waals surface area contributed by atoms with E-state index in [4.69, 9.17) is 5.26 Å². The van der Waals surface area contributed by atoms with E-state index < -0.39 is 0 Å². The Morgan fingerprint density at radius 1 is 1.16 bits per heavy atom. The summed E-state index contributed by atoms with van der Waals surface area (Å²) in [6.45, 7) is 2.28. The molecule has 1 aromatic carbocycles. The second kappa shape index (κ2) is 7.00. The minimum Gasteiger partial charge on any atom is -1.00 e. The van der Waals surface area contributed by atoms with Gasteiger partial charge in [-0.25, -0.2) is 0 Å². The largest absolute Gasteiger partial charge is 1.00 e.